The van der Waals surface area contributed by atoms with Crippen molar-refractivity contribution in [1.82, 2.24) is 9.80 Å². The number of carbonyl (C=O) groups excluding carboxylic acids is 2. The van der Waals surface area contributed by atoms with Gasteiger partial charge in [0.15, 0.2) is 34.4 Å². The van der Waals surface area contributed by atoms with E-state index in [9.17, 15) is 14.7 Å². The zero-order valence-corrected chi connectivity index (χ0v) is 23.2. The van der Waals surface area contributed by atoms with E-state index in [4.69, 9.17) is 18.6 Å². The normalized spacial score (nSPS) is 15.5. The van der Waals surface area contributed by atoms with E-state index in [2.05, 4.69) is 4.90 Å². The first-order valence-electron chi connectivity index (χ1n) is 13.3. The van der Waals surface area contributed by atoms with Gasteiger partial charge in [-0.05, 0) is 56.8 Å². The summed E-state index contributed by atoms with van der Waals surface area (Å²) in [6.45, 7) is 11.2. The number of Topliss-reactive ketones (excluding diaryl/α,β-unsaturated/α-hetero) is 1. The first-order chi connectivity index (χ1) is 18.9. The van der Waals surface area contributed by atoms with Gasteiger partial charge in [0.2, 0.25) is 5.78 Å². The van der Waals surface area contributed by atoms with Crippen molar-refractivity contribution in [3.8, 4) is 17.2 Å². The molecule has 1 aromatic heterocycles. The summed E-state index contributed by atoms with van der Waals surface area (Å²) in [4.78, 5) is 31.1. The molecule has 1 aliphatic rings. The summed E-state index contributed by atoms with van der Waals surface area (Å²) in [5, 5.41) is 11.8. The van der Waals surface area contributed by atoms with Crippen LogP contribution in [0.25, 0.3) is 11.0 Å². The van der Waals surface area contributed by atoms with Crippen LogP contribution < -0.4 is 14.2 Å². The summed E-state index contributed by atoms with van der Waals surface area (Å²) >= 11 is 0. The molecule has 4 rings (SSSR count). The Labute approximate surface area is 228 Å². The van der Waals surface area contributed by atoms with Gasteiger partial charge in [-0.15, -0.1) is 0 Å². The molecule has 0 aliphatic carbocycles. The van der Waals surface area contributed by atoms with E-state index in [0.717, 1.165) is 13.1 Å². The molecule has 1 aliphatic heterocycles. The average Bonchev–Trinajstić information content (AvgIpc) is 3.49. The number of ether oxygens (including phenoxy) is 3. The van der Waals surface area contributed by atoms with Crippen molar-refractivity contribution in [2.75, 3.05) is 46.5 Å². The second kappa shape index (κ2) is 12.3. The number of likely N-dealkylation sites (N-methyl/N-ethyl adjacent to an activating group) is 1. The van der Waals surface area contributed by atoms with Crippen molar-refractivity contribution in [3.05, 3.63) is 65.1 Å². The lowest BCUT2D eigenvalue weighted by Crippen LogP contribution is -2.38. The molecule has 0 saturated carbocycles. The number of aliphatic hydroxyl groups is 1. The van der Waals surface area contributed by atoms with Gasteiger partial charge in [-0.3, -0.25) is 9.59 Å². The van der Waals surface area contributed by atoms with Crippen LogP contribution in [0, 0.1) is 0 Å². The average molecular weight is 537 g/mol. The predicted molar refractivity (Wildman–Crippen MR) is 148 cm³/mol. The molecular formula is C30H36N2O7. The summed E-state index contributed by atoms with van der Waals surface area (Å²) in [6, 6.07) is 11.4. The van der Waals surface area contributed by atoms with E-state index in [-0.39, 0.29) is 11.3 Å². The lowest BCUT2D eigenvalue weighted by Gasteiger charge is -2.29. The molecule has 2 aromatic carbocycles. The van der Waals surface area contributed by atoms with Crippen LogP contribution in [0.4, 0.5) is 0 Å². The molecule has 9 nitrogen and oxygen atoms in total. The Morgan fingerprint density at radius 2 is 1.72 bits per heavy atom. The van der Waals surface area contributed by atoms with Gasteiger partial charge in [-0.25, -0.2) is 0 Å². The summed E-state index contributed by atoms with van der Waals surface area (Å²) in [6.07, 6.45) is 0. The SMILES string of the molecule is CCOc1ccc(C2C(C(=O)c3cc4cccc(OC)c4o3)=C(O)C(=O)N2CCN(CC)CC)cc1OCC. The first-order valence-corrected chi connectivity index (χ1v) is 13.3. The van der Waals surface area contributed by atoms with Gasteiger partial charge in [-0.1, -0.05) is 32.0 Å². The van der Waals surface area contributed by atoms with Gasteiger partial charge in [0, 0.05) is 18.5 Å². The Morgan fingerprint density at radius 3 is 2.38 bits per heavy atom. The molecule has 0 fully saturated rings. The lowest BCUT2D eigenvalue weighted by molar-refractivity contribution is -0.129. The van der Waals surface area contributed by atoms with E-state index >= 15 is 0 Å². The van der Waals surface area contributed by atoms with Gasteiger partial charge in [0.05, 0.1) is 31.9 Å². The first kappa shape index (κ1) is 28.0. The van der Waals surface area contributed by atoms with Crippen molar-refractivity contribution >= 4 is 22.7 Å². The molecule has 1 unspecified atom stereocenters. The van der Waals surface area contributed by atoms with Gasteiger partial charge in [-0.2, -0.15) is 0 Å². The fourth-order valence-electron chi connectivity index (χ4n) is 4.93. The molecule has 1 atom stereocenters. The zero-order valence-electron chi connectivity index (χ0n) is 23.2. The molecule has 0 bridgehead atoms. The Morgan fingerprint density at radius 1 is 1.00 bits per heavy atom. The standard InChI is InChI=1S/C30H36N2O7/c1-6-31(7-2)15-16-32-26(19-13-14-21(37-8-3)23(17-19)38-9-4)25(28(34)30(32)35)27(33)24-18-20-11-10-12-22(36-5)29(20)39-24/h10-14,17-18,26,34H,6-9,15-16H2,1-5H3. The monoisotopic (exact) mass is 536 g/mol. The Kier molecular flexibility index (Phi) is 8.81. The summed E-state index contributed by atoms with van der Waals surface area (Å²) in [5.74, 6) is -0.193. The number of para-hydroxylation sites is 1. The number of fused-ring (bicyclic) bond motifs is 1. The van der Waals surface area contributed by atoms with E-state index < -0.39 is 23.5 Å². The van der Waals surface area contributed by atoms with Crippen LogP contribution in [-0.2, 0) is 4.79 Å². The minimum Gasteiger partial charge on any atom is -0.503 e. The second-order valence-corrected chi connectivity index (χ2v) is 9.08. The van der Waals surface area contributed by atoms with Crippen LogP contribution in [0.2, 0.25) is 0 Å². The number of aliphatic hydroxyl groups excluding tert-OH is 1. The molecule has 208 valence electrons. The fourth-order valence-corrected chi connectivity index (χ4v) is 4.93. The number of nitrogens with zero attached hydrogens (tertiary/aromatic N) is 2. The number of ketones is 1. The molecule has 3 aromatic rings. The highest BCUT2D eigenvalue weighted by Gasteiger charge is 2.44. The third-order valence-electron chi connectivity index (χ3n) is 6.93. The third-order valence-corrected chi connectivity index (χ3v) is 6.93. The van der Waals surface area contributed by atoms with Gasteiger partial charge >= 0.3 is 0 Å². The minimum atomic E-state index is -0.842. The summed E-state index contributed by atoms with van der Waals surface area (Å²) in [7, 11) is 1.52. The smallest absolute Gasteiger partial charge is 0.290 e. The summed E-state index contributed by atoms with van der Waals surface area (Å²) in [5.41, 5.74) is 1.00. The highest BCUT2D eigenvalue weighted by Crippen LogP contribution is 2.42. The number of hydrogen-bond donors (Lipinski definition) is 1. The van der Waals surface area contributed by atoms with Crippen LogP contribution in [0.1, 0.15) is 49.9 Å². The lowest BCUT2D eigenvalue weighted by atomic mass is 9.94. The molecule has 0 spiro atoms. The zero-order chi connectivity index (χ0) is 28.1. The third kappa shape index (κ3) is 5.45. The van der Waals surface area contributed by atoms with Crippen LogP contribution in [0.3, 0.4) is 0 Å². The number of amides is 1. The number of carbonyl (C=O) groups is 2. The molecule has 0 saturated heterocycles. The van der Waals surface area contributed by atoms with E-state index in [1.165, 1.54) is 12.0 Å². The molecule has 1 N–H and O–H groups in total. The molecule has 9 heteroatoms. The maximum atomic E-state index is 13.9. The number of methoxy groups -OCH3 is 1. The van der Waals surface area contributed by atoms with E-state index in [0.29, 0.717) is 60.1 Å². The van der Waals surface area contributed by atoms with Crippen molar-refractivity contribution < 1.29 is 33.3 Å². The predicted octanol–water partition coefficient (Wildman–Crippen LogP) is 5.16. The van der Waals surface area contributed by atoms with Crippen molar-refractivity contribution in [1.29, 1.82) is 0 Å². The van der Waals surface area contributed by atoms with Crippen molar-refractivity contribution in [2.24, 2.45) is 0 Å². The van der Waals surface area contributed by atoms with Crippen LogP contribution >= 0.6 is 0 Å². The molecule has 1 amide bonds. The Hall–Kier alpha value is -3.98. The fraction of sp³-hybridized carbons (Fsp3) is 0.400. The molecule has 2 heterocycles. The maximum Gasteiger partial charge on any atom is 0.290 e. The van der Waals surface area contributed by atoms with Crippen molar-refractivity contribution in [2.45, 2.75) is 33.7 Å². The van der Waals surface area contributed by atoms with Gasteiger partial charge < -0.3 is 33.5 Å². The quantitative estimate of drug-likeness (QED) is 0.299. The highest BCUT2D eigenvalue weighted by atomic mass is 16.5. The van der Waals surface area contributed by atoms with Crippen LogP contribution in [-0.4, -0.2) is 73.1 Å². The van der Waals surface area contributed by atoms with Gasteiger partial charge in [0.1, 0.15) is 0 Å². The number of benzene rings is 2. The Bertz CT molecular complexity index is 1370. The minimum absolute atomic E-state index is 0.00964. The van der Waals surface area contributed by atoms with Gasteiger partial charge in [0.25, 0.3) is 5.91 Å². The van der Waals surface area contributed by atoms with E-state index in [1.54, 1.807) is 42.5 Å². The summed E-state index contributed by atoms with van der Waals surface area (Å²) < 4.78 is 22.8. The van der Waals surface area contributed by atoms with Crippen molar-refractivity contribution in [3.63, 3.8) is 0 Å². The topological polar surface area (TPSA) is 102 Å². The van der Waals surface area contributed by atoms with E-state index in [1.807, 2.05) is 27.7 Å². The van der Waals surface area contributed by atoms with Crippen LogP contribution in [0.15, 0.2) is 58.2 Å². The number of hydrogen-bond acceptors (Lipinski definition) is 8. The number of rotatable bonds is 13. The Balaban J connectivity index is 1.81. The second-order valence-electron chi connectivity index (χ2n) is 9.08. The number of furan rings is 1. The molecule has 39 heavy (non-hydrogen) atoms. The largest absolute Gasteiger partial charge is 0.503 e. The van der Waals surface area contributed by atoms with Crippen LogP contribution in [0.5, 0.6) is 17.2 Å². The molecule has 0 radical (unpaired) electrons. The highest BCUT2D eigenvalue weighted by molar-refractivity contribution is 6.16. The molecular weight excluding hydrogens is 500 g/mol. The maximum absolute atomic E-state index is 13.9.